The molecule has 1 aliphatic rings. The first-order valence-electron chi connectivity index (χ1n) is 8.96. The van der Waals surface area contributed by atoms with Gasteiger partial charge in [-0.25, -0.2) is 14.6 Å². The highest BCUT2D eigenvalue weighted by molar-refractivity contribution is 5.82. The quantitative estimate of drug-likeness (QED) is 0.568. The van der Waals surface area contributed by atoms with Crippen molar-refractivity contribution in [3.63, 3.8) is 0 Å². The van der Waals surface area contributed by atoms with E-state index in [2.05, 4.69) is 15.1 Å². The molecule has 1 saturated carbocycles. The Kier molecular flexibility index (Phi) is 3.78. The third-order valence-corrected chi connectivity index (χ3v) is 4.76. The Labute approximate surface area is 156 Å². The SMILES string of the molecule is COc1ccc(-c2nc3ccc(-n4cncn4)cc3[nH]2)c(OCC2CC2)c1. The van der Waals surface area contributed by atoms with Crippen LogP contribution in [0.5, 0.6) is 11.5 Å². The lowest BCUT2D eigenvalue weighted by molar-refractivity contribution is 0.298. The van der Waals surface area contributed by atoms with Crippen molar-refractivity contribution >= 4 is 11.0 Å². The summed E-state index contributed by atoms with van der Waals surface area (Å²) in [5.74, 6) is 3.00. The summed E-state index contributed by atoms with van der Waals surface area (Å²) in [7, 11) is 1.66. The average Bonchev–Trinajstić information content (AvgIpc) is 3.19. The molecule has 0 spiro atoms. The Morgan fingerprint density at radius 2 is 2.11 bits per heavy atom. The first-order valence-corrected chi connectivity index (χ1v) is 8.96. The number of benzene rings is 2. The van der Waals surface area contributed by atoms with E-state index in [1.807, 2.05) is 36.4 Å². The second-order valence-electron chi connectivity index (χ2n) is 6.74. The minimum atomic E-state index is 0.671. The molecule has 27 heavy (non-hydrogen) atoms. The number of nitrogens with zero attached hydrogens (tertiary/aromatic N) is 4. The summed E-state index contributed by atoms with van der Waals surface area (Å²) in [5, 5.41) is 4.18. The Hall–Kier alpha value is -3.35. The van der Waals surface area contributed by atoms with E-state index in [-0.39, 0.29) is 0 Å². The fourth-order valence-corrected chi connectivity index (χ4v) is 3.05. The molecule has 5 rings (SSSR count). The van der Waals surface area contributed by atoms with Crippen LogP contribution >= 0.6 is 0 Å². The zero-order chi connectivity index (χ0) is 18.2. The number of H-pyrrole nitrogens is 1. The molecule has 2 aromatic heterocycles. The van der Waals surface area contributed by atoms with Crippen LogP contribution in [-0.4, -0.2) is 38.4 Å². The van der Waals surface area contributed by atoms with Crippen molar-refractivity contribution < 1.29 is 9.47 Å². The Balaban J connectivity index is 1.53. The van der Waals surface area contributed by atoms with Gasteiger partial charge in [0.25, 0.3) is 0 Å². The number of imidazole rings is 1. The van der Waals surface area contributed by atoms with Gasteiger partial charge in [-0.3, -0.25) is 0 Å². The Morgan fingerprint density at radius 1 is 1.19 bits per heavy atom. The lowest BCUT2D eigenvalue weighted by atomic mass is 10.2. The van der Waals surface area contributed by atoms with Crippen molar-refractivity contribution in [3.8, 4) is 28.6 Å². The van der Waals surface area contributed by atoms with Crippen LogP contribution in [0, 0.1) is 5.92 Å². The highest BCUT2D eigenvalue weighted by Gasteiger charge is 2.23. The minimum Gasteiger partial charge on any atom is -0.497 e. The van der Waals surface area contributed by atoms with Gasteiger partial charge in [-0.1, -0.05) is 0 Å². The Bertz CT molecular complexity index is 1080. The molecule has 0 atom stereocenters. The van der Waals surface area contributed by atoms with Crippen LogP contribution in [0.1, 0.15) is 12.8 Å². The Morgan fingerprint density at radius 3 is 2.89 bits per heavy atom. The van der Waals surface area contributed by atoms with Crippen molar-refractivity contribution in [2.75, 3.05) is 13.7 Å². The van der Waals surface area contributed by atoms with Crippen LogP contribution in [-0.2, 0) is 0 Å². The van der Waals surface area contributed by atoms with Crippen molar-refractivity contribution in [3.05, 3.63) is 49.1 Å². The fourth-order valence-electron chi connectivity index (χ4n) is 3.05. The number of rotatable bonds is 6. The van der Waals surface area contributed by atoms with Crippen LogP contribution in [0.3, 0.4) is 0 Å². The topological polar surface area (TPSA) is 77.9 Å². The average molecular weight is 361 g/mol. The van der Waals surface area contributed by atoms with Gasteiger partial charge >= 0.3 is 0 Å². The van der Waals surface area contributed by atoms with Gasteiger partial charge in [0.15, 0.2) is 0 Å². The highest BCUT2D eigenvalue weighted by Crippen LogP contribution is 2.36. The van der Waals surface area contributed by atoms with Gasteiger partial charge in [0.2, 0.25) is 0 Å². The number of methoxy groups -OCH3 is 1. The van der Waals surface area contributed by atoms with Gasteiger partial charge < -0.3 is 14.5 Å². The van der Waals surface area contributed by atoms with Crippen molar-refractivity contribution in [1.29, 1.82) is 0 Å². The molecule has 1 N–H and O–H groups in total. The zero-order valence-corrected chi connectivity index (χ0v) is 14.9. The van der Waals surface area contributed by atoms with Crippen LogP contribution in [0.25, 0.3) is 28.1 Å². The molecule has 1 fully saturated rings. The number of aromatic amines is 1. The number of ether oxygens (including phenoxy) is 2. The van der Waals surface area contributed by atoms with Gasteiger partial charge in [0.1, 0.15) is 30.0 Å². The van der Waals surface area contributed by atoms with Crippen molar-refractivity contribution in [2.24, 2.45) is 5.92 Å². The normalized spacial score (nSPS) is 13.8. The minimum absolute atomic E-state index is 0.671. The summed E-state index contributed by atoms with van der Waals surface area (Å²) in [6, 6.07) is 11.8. The lowest BCUT2D eigenvalue weighted by Gasteiger charge is -2.11. The standard InChI is InChI=1S/C20H19N5O2/c1-26-15-5-6-16(19(9-15)27-10-13-2-3-13)20-23-17-7-4-14(8-18(17)24-20)25-12-21-11-22-25/h4-9,11-13H,2-3,10H2,1H3,(H,23,24). The summed E-state index contributed by atoms with van der Waals surface area (Å²) >= 11 is 0. The van der Waals surface area contributed by atoms with E-state index in [9.17, 15) is 0 Å². The number of hydrogen-bond donors (Lipinski definition) is 1. The molecule has 1 aliphatic carbocycles. The van der Waals surface area contributed by atoms with Crippen LogP contribution in [0.4, 0.5) is 0 Å². The van der Waals surface area contributed by atoms with Gasteiger partial charge in [-0.2, -0.15) is 5.10 Å². The third kappa shape index (κ3) is 3.12. The van der Waals surface area contributed by atoms with Crippen molar-refractivity contribution in [2.45, 2.75) is 12.8 Å². The van der Waals surface area contributed by atoms with E-state index < -0.39 is 0 Å². The third-order valence-electron chi connectivity index (χ3n) is 4.76. The predicted octanol–water partition coefficient (Wildman–Crippen LogP) is 3.61. The largest absolute Gasteiger partial charge is 0.497 e. The number of fused-ring (bicyclic) bond motifs is 1. The molecule has 0 saturated heterocycles. The summed E-state index contributed by atoms with van der Waals surface area (Å²) in [5.41, 5.74) is 3.67. The molecule has 0 amide bonds. The fraction of sp³-hybridized carbons (Fsp3) is 0.250. The van der Waals surface area contributed by atoms with E-state index in [0.717, 1.165) is 46.2 Å². The maximum Gasteiger partial charge on any atom is 0.142 e. The number of nitrogens with one attached hydrogen (secondary N) is 1. The van der Waals surface area contributed by atoms with E-state index in [4.69, 9.17) is 14.5 Å². The van der Waals surface area contributed by atoms with Crippen LogP contribution in [0.2, 0.25) is 0 Å². The lowest BCUT2D eigenvalue weighted by Crippen LogP contribution is -2.01. The van der Waals surface area contributed by atoms with E-state index in [1.165, 1.54) is 19.2 Å². The summed E-state index contributed by atoms with van der Waals surface area (Å²) in [4.78, 5) is 12.1. The molecule has 2 aromatic carbocycles. The molecule has 2 heterocycles. The van der Waals surface area contributed by atoms with Crippen LogP contribution in [0.15, 0.2) is 49.1 Å². The van der Waals surface area contributed by atoms with Gasteiger partial charge in [0.05, 0.1) is 36.0 Å². The van der Waals surface area contributed by atoms with E-state index in [1.54, 1.807) is 18.1 Å². The molecule has 7 heteroatoms. The predicted molar refractivity (Wildman–Crippen MR) is 101 cm³/mol. The van der Waals surface area contributed by atoms with Crippen LogP contribution < -0.4 is 9.47 Å². The summed E-state index contributed by atoms with van der Waals surface area (Å²) in [6.45, 7) is 0.733. The molecule has 0 radical (unpaired) electrons. The molecule has 0 bridgehead atoms. The van der Waals surface area contributed by atoms with E-state index >= 15 is 0 Å². The maximum atomic E-state index is 6.07. The number of hydrogen-bond acceptors (Lipinski definition) is 5. The number of aromatic nitrogens is 5. The summed E-state index contributed by atoms with van der Waals surface area (Å²) in [6.07, 6.45) is 5.68. The van der Waals surface area contributed by atoms with Gasteiger partial charge in [0, 0.05) is 6.07 Å². The smallest absolute Gasteiger partial charge is 0.142 e. The summed E-state index contributed by atoms with van der Waals surface area (Å²) < 4.78 is 13.2. The second kappa shape index (κ2) is 6.42. The first kappa shape index (κ1) is 15.9. The molecule has 0 unspecified atom stereocenters. The highest BCUT2D eigenvalue weighted by atomic mass is 16.5. The van der Waals surface area contributed by atoms with E-state index in [0.29, 0.717) is 5.92 Å². The molecular formula is C20H19N5O2. The molecular weight excluding hydrogens is 342 g/mol. The maximum absolute atomic E-state index is 6.07. The van der Waals surface area contributed by atoms with Gasteiger partial charge in [-0.15, -0.1) is 0 Å². The monoisotopic (exact) mass is 361 g/mol. The zero-order valence-electron chi connectivity index (χ0n) is 14.9. The first-order chi connectivity index (χ1) is 13.3. The molecule has 0 aliphatic heterocycles. The molecule has 136 valence electrons. The molecule has 4 aromatic rings. The second-order valence-corrected chi connectivity index (χ2v) is 6.74. The molecule has 7 nitrogen and oxygen atoms in total. The van der Waals surface area contributed by atoms with Gasteiger partial charge in [-0.05, 0) is 49.1 Å². The van der Waals surface area contributed by atoms with Crippen molar-refractivity contribution in [1.82, 2.24) is 24.7 Å².